The first kappa shape index (κ1) is 16.3. The molecule has 0 spiro atoms. The van der Waals surface area contributed by atoms with Crippen LogP contribution in [0.5, 0.6) is 5.75 Å². The third-order valence-corrected chi connectivity index (χ3v) is 4.15. The summed E-state index contributed by atoms with van der Waals surface area (Å²) in [5, 5.41) is 5.94. The van der Waals surface area contributed by atoms with Gasteiger partial charge in [-0.05, 0) is 29.3 Å². The van der Waals surface area contributed by atoms with E-state index in [-0.39, 0.29) is 11.8 Å². The molecule has 0 radical (unpaired) electrons. The Balaban J connectivity index is 1.74. The second kappa shape index (κ2) is 6.93. The Bertz CT molecular complexity index is 764. The number of ether oxygens (including phenoxy) is 1. The quantitative estimate of drug-likeness (QED) is 0.894. The molecule has 0 saturated heterocycles. The molecule has 2 atom stereocenters. The minimum atomic E-state index is -0.764. The SMILES string of the molecule is CNC(=O)[C@@H](NC(=O)[C@H]1Cc2cc(Cl)ccc2O1)c1ccccc1. The number of hydrogen-bond donors (Lipinski definition) is 2. The van der Waals surface area contributed by atoms with Gasteiger partial charge in [-0.3, -0.25) is 9.59 Å². The van der Waals surface area contributed by atoms with E-state index in [0.717, 1.165) is 5.56 Å². The van der Waals surface area contributed by atoms with Gasteiger partial charge in [0, 0.05) is 18.5 Å². The normalized spacial score (nSPS) is 16.7. The summed E-state index contributed by atoms with van der Waals surface area (Å²) in [5.41, 5.74) is 1.60. The molecular formula is C18H17ClN2O3. The van der Waals surface area contributed by atoms with Crippen LogP contribution < -0.4 is 15.4 Å². The number of carbonyl (C=O) groups is 2. The standard InChI is InChI=1S/C18H17ClN2O3/c1-20-18(23)16(11-5-3-2-4-6-11)21-17(22)15-10-12-9-13(19)7-8-14(12)24-15/h2-9,15-16H,10H2,1H3,(H,20,23)(H,21,22)/t15-,16+/m1/s1. The molecule has 2 amide bonds. The molecule has 2 aromatic carbocycles. The summed E-state index contributed by atoms with van der Waals surface area (Å²) in [6.07, 6.45) is -0.244. The number of halogens is 1. The fraction of sp³-hybridized carbons (Fsp3) is 0.222. The maximum Gasteiger partial charge on any atom is 0.262 e. The fourth-order valence-electron chi connectivity index (χ4n) is 2.69. The van der Waals surface area contributed by atoms with Gasteiger partial charge in [0.05, 0.1) is 0 Å². The summed E-state index contributed by atoms with van der Waals surface area (Å²) in [6.45, 7) is 0. The van der Waals surface area contributed by atoms with Gasteiger partial charge in [-0.2, -0.15) is 0 Å². The summed E-state index contributed by atoms with van der Waals surface area (Å²) in [7, 11) is 1.54. The number of hydrogen-bond acceptors (Lipinski definition) is 3. The van der Waals surface area contributed by atoms with Crippen molar-refractivity contribution in [1.82, 2.24) is 10.6 Å². The molecular weight excluding hydrogens is 328 g/mol. The molecule has 0 unspecified atom stereocenters. The monoisotopic (exact) mass is 344 g/mol. The van der Waals surface area contributed by atoms with Crippen molar-refractivity contribution < 1.29 is 14.3 Å². The van der Waals surface area contributed by atoms with E-state index in [1.165, 1.54) is 7.05 Å². The highest BCUT2D eigenvalue weighted by molar-refractivity contribution is 6.30. The lowest BCUT2D eigenvalue weighted by Crippen LogP contribution is -2.44. The maximum atomic E-state index is 12.6. The van der Waals surface area contributed by atoms with Crippen molar-refractivity contribution in [3.8, 4) is 5.75 Å². The van der Waals surface area contributed by atoms with E-state index in [1.807, 2.05) is 18.2 Å². The molecule has 0 bridgehead atoms. The number of amides is 2. The fourth-order valence-corrected chi connectivity index (χ4v) is 2.88. The van der Waals surface area contributed by atoms with Gasteiger partial charge in [0.15, 0.2) is 6.10 Å². The number of carbonyl (C=O) groups excluding carboxylic acids is 2. The van der Waals surface area contributed by atoms with Gasteiger partial charge in [-0.1, -0.05) is 41.9 Å². The van der Waals surface area contributed by atoms with Crippen LogP contribution in [-0.2, 0) is 16.0 Å². The maximum absolute atomic E-state index is 12.6. The molecule has 1 heterocycles. The Labute approximate surface area is 145 Å². The van der Waals surface area contributed by atoms with Gasteiger partial charge in [-0.15, -0.1) is 0 Å². The van der Waals surface area contributed by atoms with E-state index >= 15 is 0 Å². The number of benzene rings is 2. The topological polar surface area (TPSA) is 67.4 Å². The van der Waals surface area contributed by atoms with Crippen molar-refractivity contribution in [3.05, 3.63) is 64.7 Å². The lowest BCUT2D eigenvalue weighted by molar-refractivity contribution is -0.132. The molecule has 2 aromatic rings. The van der Waals surface area contributed by atoms with E-state index in [9.17, 15) is 9.59 Å². The van der Waals surface area contributed by atoms with Gasteiger partial charge >= 0.3 is 0 Å². The molecule has 1 aliphatic rings. The minimum absolute atomic E-state index is 0.284. The Morgan fingerprint density at radius 3 is 2.67 bits per heavy atom. The van der Waals surface area contributed by atoms with Crippen molar-refractivity contribution in [2.24, 2.45) is 0 Å². The predicted octanol–water partition coefficient (Wildman–Crippen LogP) is 2.25. The van der Waals surface area contributed by atoms with E-state index < -0.39 is 12.1 Å². The predicted molar refractivity (Wildman–Crippen MR) is 91.0 cm³/mol. The van der Waals surface area contributed by atoms with Crippen LogP contribution in [0.1, 0.15) is 17.2 Å². The molecule has 124 valence electrons. The van der Waals surface area contributed by atoms with E-state index in [0.29, 0.717) is 22.8 Å². The van der Waals surface area contributed by atoms with Gasteiger partial charge in [0.25, 0.3) is 5.91 Å². The van der Waals surface area contributed by atoms with E-state index in [4.69, 9.17) is 16.3 Å². The van der Waals surface area contributed by atoms with Crippen LogP contribution in [-0.4, -0.2) is 25.0 Å². The molecule has 2 N–H and O–H groups in total. The molecule has 0 aliphatic carbocycles. The van der Waals surface area contributed by atoms with Gasteiger partial charge in [-0.25, -0.2) is 0 Å². The van der Waals surface area contributed by atoms with Crippen LogP contribution in [0.15, 0.2) is 48.5 Å². The molecule has 3 rings (SSSR count). The van der Waals surface area contributed by atoms with Crippen molar-refractivity contribution in [3.63, 3.8) is 0 Å². The lowest BCUT2D eigenvalue weighted by atomic mass is 10.0. The largest absolute Gasteiger partial charge is 0.480 e. The highest BCUT2D eigenvalue weighted by atomic mass is 35.5. The third kappa shape index (κ3) is 3.36. The summed E-state index contributed by atoms with van der Waals surface area (Å²) in [4.78, 5) is 24.7. The Kier molecular flexibility index (Phi) is 4.71. The highest BCUT2D eigenvalue weighted by Gasteiger charge is 2.32. The Hall–Kier alpha value is -2.53. The molecule has 1 aliphatic heterocycles. The number of fused-ring (bicyclic) bond motifs is 1. The zero-order valence-corrected chi connectivity index (χ0v) is 13.8. The highest BCUT2D eigenvalue weighted by Crippen LogP contribution is 2.31. The zero-order valence-electron chi connectivity index (χ0n) is 13.1. The summed E-state index contributed by atoms with van der Waals surface area (Å²) >= 11 is 5.97. The molecule has 24 heavy (non-hydrogen) atoms. The first-order valence-electron chi connectivity index (χ1n) is 7.60. The minimum Gasteiger partial charge on any atom is -0.480 e. The van der Waals surface area contributed by atoms with Crippen LogP contribution in [0.25, 0.3) is 0 Å². The Morgan fingerprint density at radius 1 is 1.21 bits per heavy atom. The summed E-state index contributed by atoms with van der Waals surface area (Å²) in [6, 6.07) is 13.6. The van der Waals surface area contributed by atoms with Crippen LogP contribution in [0.4, 0.5) is 0 Å². The summed E-state index contributed by atoms with van der Waals surface area (Å²) < 4.78 is 5.67. The first-order valence-corrected chi connectivity index (χ1v) is 7.98. The lowest BCUT2D eigenvalue weighted by Gasteiger charge is -2.20. The van der Waals surface area contributed by atoms with Gasteiger partial charge in [0.1, 0.15) is 11.8 Å². The van der Waals surface area contributed by atoms with Crippen molar-refractivity contribution in [2.75, 3.05) is 7.05 Å². The molecule has 5 nitrogen and oxygen atoms in total. The average Bonchev–Trinajstić information content (AvgIpc) is 3.02. The first-order chi connectivity index (χ1) is 11.6. The molecule has 0 fully saturated rings. The van der Waals surface area contributed by atoms with Crippen molar-refractivity contribution in [1.29, 1.82) is 0 Å². The van der Waals surface area contributed by atoms with Crippen LogP contribution >= 0.6 is 11.6 Å². The van der Waals surface area contributed by atoms with E-state index in [2.05, 4.69) is 10.6 Å². The number of likely N-dealkylation sites (N-methyl/N-ethyl adjacent to an activating group) is 1. The van der Waals surface area contributed by atoms with Crippen LogP contribution in [0.2, 0.25) is 5.02 Å². The number of nitrogens with one attached hydrogen (secondary N) is 2. The smallest absolute Gasteiger partial charge is 0.262 e. The Morgan fingerprint density at radius 2 is 1.96 bits per heavy atom. The van der Waals surface area contributed by atoms with Crippen LogP contribution in [0, 0.1) is 0 Å². The van der Waals surface area contributed by atoms with Crippen molar-refractivity contribution >= 4 is 23.4 Å². The second-order valence-corrected chi connectivity index (χ2v) is 5.97. The number of rotatable bonds is 4. The van der Waals surface area contributed by atoms with Crippen LogP contribution in [0.3, 0.4) is 0 Å². The average molecular weight is 345 g/mol. The molecule has 0 aromatic heterocycles. The summed E-state index contributed by atoms with van der Waals surface area (Å²) in [5.74, 6) is 0.0311. The second-order valence-electron chi connectivity index (χ2n) is 5.53. The van der Waals surface area contributed by atoms with Gasteiger partial charge in [0.2, 0.25) is 5.91 Å². The third-order valence-electron chi connectivity index (χ3n) is 3.92. The zero-order chi connectivity index (χ0) is 17.1. The molecule has 0 saturated carbocycles. The van der Waals surface area contributed by atoms with Gasteiger partial charge < -0.3 is 15.4 Å². The van der Waals surface area contributed by atoms with E-state index in [1.54, 1.807) is 30.3 Å². The molecule has 6 heteroatoms. The van der Waals surface area contributed by atoms with Crippen molar-refractivity contribution in [2.45, 2.75) is 18.6 Å².